The second-order valence-corrected chi connectivity index (χ2v) is 8.76. The van der Waals surface area contributed by atoms with Crippen LogP contribution in [-0.2, 0) is 23.1 Å². The summed E-state index contributed by atoms with van der Waals surface area (Å²) in [5.74, 6) is -0.410. The average Bonchev–Trinajstić information content (AvgIpc) is 2.77. The van der Waals surface area contributed by atoms with Gasteiger partial charge in [-0.1, -0.05) is 0 Å². The highest BCUT2D eigenvalue weighted by Crippen LogP contribution is 2.32. The molecule has 1 aromatic carbocycles. The third kappa shape index (κ3) is 4.70. The molecule has 0 saturated heterocycles. The standard InChI is InChI=1S/C18H22BrIN2O4/c1-6-25-16(23)15-10-7-11(19)12(20)8-13(10)22(5)14(15)9-21-17(24)26-18(2,3)4/h7-8H,6,9H2,1-5H3,(H,21,24). The minimum absolute atomic E-state index is 0.155. The van der Waals surface area contributed by atoms with Crippen LogP contribution < -0.4 is 5.32 Å². The van der Waals surface area contributed by atoms with Gasteiger partial charge in [-0.05, 0) is 78.3 Å². The van der Waals surface area contributed by atoms with Crippen molar-refractivity contribution in [3.05, 3.63) is 31.4 Å². The predicted octanol–water partition coefficient (Wildman–Crippen LogP) is 4.75. The minimum atomic E-state index is -0.589. The number of alkyl carbamates (subject to hydrolysis) is 1. The lowest BCUT2D eigenvalue weighted by molar-refractivity contribution is 0.0502. The number of carbonyl (C=O) groups is 2. The second-order valence-electron chi connectivity index (χ2n) is 6.74. The quantitative estimate of drug-likeness (QED) is 0.452. The number of fused-ring (bicyclic) bond motifs is 1. The van der Waals surface area contributed by atoms with Crippen molar-refractivity contribution >= 4 is 61.5 Å². The molecule has 0 aliphatic heterocycles. The van der Waals surface area contributed by atoms with Gasteiger partial charge in [0.2, 0.25) is 0 Å². The fraction of sp³-hybridized carbons (Fsp3) is 0.444. The van der Waals surface area contributed by atoms with Crippen molar-refractivity contribution < 1.29 is 19.1 Å². The Morgan fingerprint density at radius 3 is 2.54 bits per heavy atom. The van der Waals surface area contributed by atoms with E-state index in [4.69, 9.17) is 9.47 Å². The van der Waals surface area contributed by atoms with Gasteiger partial charge >= 0.3 is 12.1 Å². The number of aromatic nitrogens is 1. The molecule has 2 aromatic rings. The first-order chi connectivity index (χ1) is 12.0. The zero-order chi connectivity index (χ0) is 19.6. The summed E-state index contributed by atoms with van der Waals surface area (Å²) in [4.78, 5) is 24.6. The molecule has 8 heteroatoms. The van der Waals surface area contributed by atoms with E-state index in [0.29, 0.717) is 11.3 Å². The number of amides is 1. The highest BCUT2D eigenvalue weighted by molar-refractivity contribution is 14.1. The summed E-state index contributed by atoms with van der Waals surface area (Å²) in [7, 11) is 1.86. The van der Waals surface area contributed by atoms with Crippen molar-refractivity contribution in [3.8, 4) is 0 Å². The van der Waals surface area contributed by atoms with Crippen LogP contribution in [0.3, 0.4) is 0 Å². The van der Waals surface area contributed by atoms with Gasteiger partial charge in [-0.3, -0.25) is 0 Å². The third-order valence-corrected chi connectivity index (χ3v) is 5.93. The Bertz CT molecular complexity index is 855. The molecule has 1 amide bonds. The van der Waals surface area contributed by atoms with Gasteiger partial charge in [-0.15, -0.1) is 0 Å². The molecular formula is C18H22BrIN2O4. The van der Waals surface area contributed by atoms with Crippen molar-refractivity contribution in [2.45, 2.75) is 39.8 Å². The first-order valence-electron chi connectivity index (χ1n) is 8.15. The molecule has 0 spiro atoms. The largest absolute Gasteiger partial charge is 0.462 e. The minimum Gasteiger partial charge on any atom is -0.462 e. The summed E-state index contributed by atoms with van der Waals surface area (Å²) in [5.41, 5.74) is 1.42. The van der Waals surface area contributed by atoms with E-state index in [-0.39, 0.29) is 13.2 Å². The molecule has 142 valence electrons. The molecule has 0 unspecified atom stereocenters. The monoisotopic (exact) mass is 536 g/mol. The van der Waals surface area contributed by atoms with E-state index in [9.17, 15) is 9.59 Å². The molecule has 6 nitrogen and oxygen atoms in total. The van der Waals surface area contributed by atoms with Gasteiger partial charge < -0.3 is 19.4 Å². The molecule has 1 heterocycles. The maximum absolute atomic E-state index is 12.6. The first kappa shape index (κ1) is 21.0. The van der Waals surface area contributed by atoms with Crippen LogP contribution in [0.5, 0.6) is 0 Å². The number of esters is 1. The van der Waals surface area contributed by atoms with E-state index in [2.05, 4.69) is 43.8 Å². The van der Waals surface area contributed by atoms with Crippen molar-refractivity contribution in [1.29, 1.82) is 0 Å². The van der Waals surface area contributed by atoms with Crippen LogP contribution in [-0.4, -0.2) is 28.8 Å². The van der Waals surface area contributed by atoms with E-state index in [1.807, 2.05) is 23.7 Å². The van der Waals surface area contributed by atoms with Crippen LogP contribution in [0.1, 0.15) is 43.7 Å². The van der Waals surface area contributed by atoms with Crippen LogP contribution in [0.2, 0.25) is 0 Å². The van der Waals surface area contributed by atoms with Crippen molar-refractivity contribution in [2.75, 3.05) is 6.61 Å². The van der Waals surface area contributed by atoms with Gasteiger partial charge in [0.1, 0.15) is 5.60 Å². The Balaban J connectivity index is 2.46. The summed E-state index contributed by atoms with van der Waals surface area (Å²) in [6.45, 7) is 7.59. The van der Waals surface area contributed by atoms with Crippen LogP contribution in [0.15, 0.2) is 16.6 Å². The Hall–Kier alpha value is -1.29. The zero-order valence-electron chi connectivity index (χ0n) is 15.4. The zero-order valence-corrected chi connectivity index (χ0v) is 19.1. The fourth-order valence-corrected chi connectivity index (χ4v) is 3.38. The summed E-state index contributed by atoms with van der Waals surface area (Å²) >= 11 is 5.73. The molecule has 1 aromatic heterocycles. The molecule has 0 bridgehead atoms. The lowest BCUT2D eigenvalue weighted by Gasteiger charge is -2.20. The van der Waals surface area contributed by atoms with E-state index < -0.39 is 17.7 Å². The fourth-order valence-electron chi connectivity index (χ4n) is 2.59. The van der Waals surface area contributed by atoms with Crippen molar-refractivity contribution in [3.63, 3.8) is 0 Å². The van der Waals surface area contributed by atoms with Gasteiger partial charge in [-0.25, -0.2) is 9.59 Å². The molecule has 0 aliphatic carbocycles. The van der Waals surface area contributed by atoms with Gasteiger partial charge in [0.05, 0.1) is 29.9 Å². The molecule has 26 heavy (non-hydrogen) atoms. The predicted molar refractivity (Wildman–Crippen MR) is 112 cm³/mol. The first-order valence-corrected chi connectivity index (χ1v) is 10.0. The number of carbonyl (C=O) groups excluding carboxylic acids is 2. The smallest absolute Gasteiger partial charge is 0.407 e. The number of halogens is 2. The van der Waals surface area contributed by atoms with Crippen LogP contribution >= 0.6 is 38.5 Å². The average molecular weight is 537 g/mol. The Morgan fingerprint density at radius 2 is 1.96 bits per heavy atom. The van der Waals surface area contributed by atoms with Crippen molar-refractivity contribution in [2.24, 2.45) is 7.05 Å². The number of rotatable bonds is 4. The van der Waals surface area contributed by atoms with Crippen LogP contribution in [0.25, 0.3) is 10.9 Å². The Morgan fingerprint density at radius 1 is 1.31 bits per heavy atom. The highest BCUT2D eigenvalue weighted by Gasteiger charge is 2.24. The summed E-state index contributed by atoms with van der Waals surface area (Å²) in [6, 6.07) is 3.89. The Kier molecular flexibility index (Phi) is 6.60. The number of nitrogens with zero attached hydrogens (tertiary/aromatic N) is 1. The number of benzene rings is 1. The maximum atomic E-state index is 12.6. The van der Waals surface area contributed by atoms with Gasteiger partial charge in [0.25, 0.3) is 0 Å². The number of aryl methyl sites for hydroxylation is 1. The van der Waals surface area contributed by atoms with Gasteiger partial charge in [-0.2, -0.15) is 0 Å². The molecule has 0 aliphatic rings. The number of nitrogens with one attached hydrogen (secondary N) is 1. The number of hydrogen-bond acceptors (Lipinski definition) is 4. The molecule has 0 radical (unpaired) electrons. The molecule has 0 saturated carbocycles. The van der Waals surface area contributed by atoms with E-state index >= 15 is 0 Å². The molecule has 0 fully saturated rings. The van der Waals surface area contributed by atoms with Gasteiger partial charge in [0.15, 0.2) is 0 Å². The summed E-state index contributed by atoms with van der Waals surface area (Å²) in [5, 5.41) is 3.50. The van der Waals surface area contributed by atoms with E-state index in [0.717, 1.165) is 18.9 Å². The Labute approximate surface area is 174 Å². The highest BCUT2D eigenvalue weighted by atomic mass is 127. The van der Waals surface area contributed by atoms with Crippen LogP contribution in [0.4, 0.5) is 4.79 Å². The SMILES string of the molecule is CCOC(=O)c1c(CNC(=O)OC(C)(C)C)n(C)c2cc(I)c(Br)cc12. The van der Waals surface area contributed by atoms with E-state index in [1.165, 1.54) is 0 Å². The molecule has 2 rings (SSSR count). The number of ether oxygens (including phenoxy) is 2. The van der Waals surface area contributed by atoms with Crippen LogP contribution in [0, 0.1) is 3.57 Å². The topological polar surface area (TPSA) is 69.6 Å². The molecule has 1 N–H and O–H groups in total. The van der Waals surface area contributed by atoms with Crippen molar-refractivity contribution in [1.82, 2.24) is 9.88 Å². The maximum Gasteiger partial charge on any atom is 0.407 e. The summed E-state index contributed by atoms with van der Waals surface area (Å²) in [6.07, 6.45) is -0.534. The summed E-state index contributed by atoms with van der Waals surface area (Å²) < 4.78 is 14.3. The normalized spacial score (nSPS) is 11.5. The molecule has 0 atom stereocenters. The lowest BCUT2D eigenvalue weighted by Crippen LogP contribution is -2.33. The lowest BCUT2D eigenvalue weighted by atomic mass is 10.1. The van der Waals surface area contributed by atoms with Gasteiger partial charge in [0, 0.05) is 20.5 Å². The number of hydrogen-bond donors (Lipinski definition) is 1. The third-order valence-electron chi connectivity index (χ3n) is 3.64. The second kappa shape index (κ2) is 8.16. The molecular weight excluding hydrogens is 515 g/mol. The van der Waals surface area contributed by atoms with E-state index in [1.54, 1.807) is 27.7 Å².